The summed E-state index contributed by atoms with van der Waals surface area (Å²) < 4.78 is 26.4. The summed E-state index contributed by atoms with van der Waals surface area (Å²) in [4.78, 5) is 20.1. The fourth-order valence-electron chi connectivity index (χ4n) is 1.76. The molecule has 0 aromatic heterocycles. The highest BCUT2D eigenvalue weighted by atomic mass is 32.2. The lowest BCUT2D eigenvalue weighted by atomic mass is 10.2. The molecule has 0 aliphatic heterocycles. The molecule has 0 aliphatic rings. The largest absolute Gasteiger partial charge is 0.868 e. The number of aromatic carboxylic acids is 1. The van der Waals surface area contributed by atoms with Gasteiger partial charge in [0.15, 0.2) is 0 Å². The predicted molar refractivity (Wildman–Crippen MR) is 74.1 cm³/mol. The molecular weight excluding hydrogens is 328 g/mol. The van der Waals surface area contributed by atoms with Gasteiger partial charge in [0.2, 0.25) is 0 Å². The Labute approximate surface area is 130 Å². The first-order valence-corrected chi connectivity index (χ1v) is 7.49. The summed E-state index contributed by atoms with van der Waals surface area (Å²) >= 11 is 0. The van der Waals surface area contributed by atoms with Crippen LogP contribution >= 0.6 is 0 Å². The van der Waals surface area contributed by atoms with E-state index in [0.717, 1.165) is 18.2 Å². The van der Waals surface area contributed by atoms with Crippen LogP contribution in [0.15, 0.2) is 47.4 Å². The Kier molecular flexibility index (Phi) is 4.18. The summed E-state index contributed by atoms with van der Waals surface area (Å²) in [5, 5.41) is 33.0. The van der Waals surface area contributed by atoms with Crippen LogP contribution in [0, 0.1) is 10.1 Å². The smallest absolute Gasteiger partial charge is 0.263 e. The number of nitro benzene ring substituents is 1. The minimum absolute atomic E-state index is 0.263. The standard InChI is InChI=1S/C13H10N2O7S/c16-12-6-5-8(7-11(12)15(19)20)23(21,22)14-10-4-2-1-3-9(10)13(17)18/h1-7,14,16H,(H,17,18)/p-2. The van der Waals surface area contributed by atoms with Crippen LogP contribution in [0.4, 0.5) is 11.4 Å². The normalized spacial score (nSPS) is 11.0. The summed E-state index contributed by atoms with van der Waals surface area (Å²) in [7, 11) is -4.33. The Bertz CT molecular complexity index is 893. The summed E-state index contributed by atoms with van der Waals surface area (Å²) in [6.07, 6.45) is 0. The number of nitrogens with zero attached hydrogens (tertiary/aromatic N) is 1. The van der Waals surface area contributed by atoms with Crippen LogP contribution in [0.25, 0.3) is 0 Å². The van der Waals surface area contributed by atoms with Gasteiger partial charge in [-0.05, 0) is 17.9 Å². The molecule has 0 atom stereocenters. The Balaban J connectivity index is 2.47. The van der Waals surface area contributed by atoms with Gasteiger partial charge in [-0.1, -0.05) is 24.3 Å². The van der Waals surface area contributed by atoms with E-state index in [2.05, 4.69) is 0 Å². The second-order valence-corrected chi connectivity index (χ2v) is 6.01. The van der Waals surface area contributed by atoms with Gasteiger partial charge in [-0.3, -0.25) is 14.8 Å². The van der Waals surface area contributed by atoms with Crippen LogP contribution in [-0.2, 0) is 10.0 Å². The zero-order chi connectivity index (χ0) is 17.2. The van der Waals surface area contributed by atoms with E-state index in [1.54, 1.807) is 0 Å². The van der Waals surface area contributed by atoms with Gasteiger partial charge < -0.3 is 15.0 Å². The highest BCUT2D eigenvalue weighted by Gasteiger charge is 2.19. The van der Waals surface area contributed by atoms with Crippen molar-refractivity contribution in [2.24, 2.45) is 0 Å². The molecule has 9 nitrogen and oxygen atoms in total. The summed E-state index contributed by atoms with van der Waals surface area (Å²) in [5.41, 5.74) is -1.56. The Morgan fingerprint density at radius 2 is 1.78 bits per heavy atom. The van der Waals surface area contributed by atoms with Crippen molar-refractivity contribution in [2.45, 2.75) is 4.90 Å². The number of carboxylic acids is 1. The molecule has 0 amide bonds. The van der Waals surface area contributed by atoms with Gasteiger partial charge in [0.1, 0.15) is 0 Å². The predicted octanol–water partition coefficient (Wildman–Crippen LogP) is -0.167. The van der Waals surface area contributed by atoms with Crippen molar-refractivity contribution in [3.63, 3.8) is 0 Å². The summed E-state index contributed by atoms with van der Waals surface area (Å²) in [5.74, 6) is -2.53. The molecule has 2 aromatic carbocycles. The van der Waals surface area contributed by atoms with Crippen molar-refractivity contribution in [3.8, 4) is 5.75 Å². The van der Waals surface area contributed by atoms with E-state index in [4.69, 9.17) is 0 Å². The molecule has 23 heavy (non-hydrogen) atoms. The number of carbonyl (C=O) groups excluding carboxylic acids is 1. The Morgan fingerprint density at radius 1 is 1.13 bits per heavy atom. The average Bonchev–Trinajstić information content (AvgIpc) is 2.47. The molecule has 0 radical (unpaired) electrons. The molecule has 2 aromatic rings. The molecule has 0 fully saturated rings. The van der Waals surface area contributed by atoms with Gasteiger partial charge in [0.25, 0.3) is 15.7 Å². The third-order valence-electron chi connectivity index (χ3n) is 2.83. The molecule has 120 valence electrons. The van der Waals surface area contributed by atoms with Crippen LogP contribution < -0.4 is 14.9 Å². The molecule has 0 spiro atoms. The first-order valence-electron chi connectivity index (χ1n) is 6.01. The highest BCUT2D eigenvalue weighted by Crippen LogP contribution is 2.27. The minimum atomic E-state index is -4.33. The topological polar surface area (TPSA) is 152 Å². The maximum atomic E-state index is 12.2. The molecule has 0 aliphatic carbocycles. The zero-order valence-electron chi connectivity index (χ0n) is 11.3. The molecule has 1 N–H and O–H groups in total. The number of carboxylic acid groups (broad SMARTS) is 1. The van der Waals surface area contributed by atoms with Crippen LogP contribution in [0.1, 0.15) is 10.4 Å². The van der Waals surface area contributed by atoms with Gasteiger partial charge in [-0.15, -0.1) is 0 Å². The van der Waals surface area contributed by atoms with Crippen LogP contribution in [0.3, 0.4) is 0 Å². The second kappa shape index (κ2) is 5.93. The van der Waals surface area contributed by atoms with Crippen molar-refractivity contribution < 1.29 is 28.3 Å². The van der Waals surface area contributed by atoms with Crippen LogP contribution in [-0.4, -0.2) is 19.3 Å². The summed E-state index contributed by atoms with van der Waals surface area (Å²) in [6, 6.07) is 7.34. The third-order valence-corrected chi connectivity index (χ3v) is 4.19. The monoisotopic (exact) mass is 336 g/mol. The van der Waals surface area contributed by atoms with Gasteiger partial charge in [-0.25, -0.2) is 8.42 Å². The van der Waals surface area contributed by atoms with Crippen molar-refractivity contribution in [2.75, 3.05) is 4.72 Å². The van der Waals surface area contributed by atoms with E-state index < -0.39 is 42.8 Å². The van der Waals surface area contributed by atoms with Crippen LogP contribution in [0.5, 0.6) is 5.75 Å². The number of benzene rings is 2. The fourth-order valence-corrected chi connectivity index (χ4v) is 2.86. The lowest BCUT2D eigenvalue weighted by Gasteiger charge is -2.14. The third kappa shape index (κ3) is 3.37. The summed E-state index contributed by atoms with van der Waals surface area (Å²) in [6.45, 7) is 0. The minimum Gasteiger partial charge on any atom is -0.868 e. The van der Waals surface area contributed by atoms with E-state index in [1.807, 2.05) is 4.72 Å². The van der Waals surface area contributed by atoms with E-state index in [0.29, 0.717) is 6.07 Å². The van der Waals surface area contributed by atoms with Crippen molar-refractivity contribution in [1.29, 1.82) is 0 Å². The van der Waals surface area contributed by atoms with Crippen molar-refractivity contribution in [3.05, 3.63) is 58.1 Å². The molecule has 10 heteroatoms. The molecular formula is C13H8N2O7S-2. The molecule has 0 bridgehead atoms. The number of rotatable bonds is 5. The van der Waals surface area contributed by atoms with E-state index in [9.17, 15) is 33.5 Å². The number of para-hydroxylation sites is 1. The number of nitro groups is 1. The number of hydrogen-bond acceptors (Lipinski definition) is 7. The molecule has 0 heterocycles. The van der Waals surface area contributed by atoms with Gasteiger partial charge in [-0.2, -0.15) is 0 Å². The lowest BCUT2D eigenvalue weighted by molar-refractivity contribution is -0.398. The Morgan fingerprint density at radius 3 is 2.39 bits per heavy atom. The molecule has 0 unspecified atom stereocenters. The molecule has 0 saturated heterocycles. The van der Waals surface area contributed by atoms with Gasteiger partial charge in [0.05, 0.1) is 21.5 Å². The van der Waals surface area contributed by atoms with Crippen molar-refractivity contribution >= 4 is 27.4 Å². The number of anilines is 1. The van der Waals surface area contributed by atoms with E-state index in [1.165, 1.54) is 18.2 Å². The van der Waals surface area contributed by atoms with Crippen molar-refractivity contribution in [1.82, 2.24) is 0 Å². The molecule has 2 rings (SSSR count). The van der Waals surface area contributed by atoms with Crippen LogP contribution in [0.2, 0.25) is 0 Å². The van der Waals surface area contributed by atoms with Gasteiger partial charge >= 0.3 is 0 Å². The average molecular weight is 336 g/mol. The maximum absolute atomic E-state index is 12.2. The van der Waals surface area contributed by atoms with Gasteiger partial charge in [0, 0.05) is 11.6 Å². The molecule has 0 saturated carbocycles. The van der Waals surface area contributed by atoms with E-state index in [-0.39, 0.29) is 5.69 Å². The first-order chi connectivity index (χ1) is 10.7. The number of carbonyl (C=O) groups is 1. The lowest BCUT2D eigenvalue weighted by Crippen LogP contribution is -2.24. The second-order valence-electron chi connectivity index (χ2n) is 4.33. The SMILES string of the molecule is O=C([O-])c1ccccc1NS(=O)(=O)c1ccc([O-])c([N+](=O)[O-])c1. The number of nitrogens with one attached hydrogen (secondary N) is 1. The fraction of sp³-hybridized carbons (Fsp3) is 0. The maximum Gasteiger partial charge on any atom is 0.263 e. The first kappa shape index (κ1) is 16.2. The Hall–Kier alpha value is -3.14. The number of hydrogen-bond donors (Lipinski definition) is 1. The number of sulfonamides is 1. The highest BCUT2D eigenvalue weighted by molar-refractivity contribution is 7.92. The van der Waals surface area contributed by atoms with E-state index >= 15 is 0 Å². The zero-order valence-corrected chi connectivity index (χ0v) is 12.1. The quantitative estimate of drug-likeness (QED) is 0.587.